The maximum absolute atomic E-state index is 11.6. The van der Waals surface area contributed by atoms with Gasteiger partial charge in [-0.05, 0) is 31.0 Å². The minimum atomic E-state index is 0.0218. The van der Waals surface area contributed by atoms with E-state index in [1.54, 1.807) is 13.0 Å². The summed E-state index contributed by atoms with van der Waals surface area (Å²) < 4.78 is 5.82. The fraction of sp³-hybridized carbons (Fsp3) is 0.350. The number of ketones is 1. The van der Waals surface area contributed by atoms with Crippen LogP contribution in [0.3, 0.4) is 0 Å². The van der Waals surface area contributed by atoms with E-state index in [1.807, 2.05) is 24.3 Å². The van der Waals surface area contributed by atoms with E-state index in [1.165, 1.54) is 5.56 Å². The number of Topliss-reactive ketones (excluding diaryl/α,β-unsaturated/α-hetero) is 1. The van der Waals surface area contributed by atoms with Crippen LogP contribution in [-0.2, 0) is 6.42 Å². The summed E-state index contributed by atoms with van der Waals surface area (Å²) in [7, 11) is 0. The largest absolute Gasteiger partial charge is 0.491 e. The third-order valence-electron chi connectivity index (χ3n) is 3.94. The second-order valence-corrected chi connectivity index (χ2v) is 5.77. The number of benzene rings is 2. The number of hydrogen-bond donors (Lipinski definition) is 1. The van der Waals surface area contributed by atoms with Crippen LogP contribution in [0.2, 0.25) is 0 Å². The number of carbonyl (C=O) groups is 1. The van der Waals surface area contributed by atoms with Crippen molar-refractivity contribution in [3.63, 3.8) is 0 Å². The van der Waals surface area contributed by atoms with E-state index in [2.05, 4.69) is 29.2 Å². The number of para-hydroxylation sites is 1. The molecule has 2 N–H and O–H groups in total. The third kappa shape index (κ3) is 5.80. The minimum absolute atomic E-state index is 0.0218. The molecule has 4 nitrogen and oxygen atoms in total. The first-order chi connectivity index (χ1) is 11.7. The fourth-order valence-electron chi connectivity index (χ4n) is 2.62. The maximum atomic E-state index is 11.6. The molecule has 0 saturated carbocycles. The highest BCUT2D eigenvalue weighted by Crippen LogP contribution is 2.18. The van der Waals surface area contributed by atoms with Crippen LogP contribution in [0, 0.1) is 0 Å². The van der Waals surface area contributed by atoms with Crippen LogP contribution in [-0.4, -0.2) is 43.5 Å². The Morgan fingerprint density at radius 1 is 1.00 bits per heavy atom. The van der Waals surface area contributed by atoms with Crippen molar-refractivity contribution >= 4 is 5.78 Å². The SMILES string of the molecule is CC(=O)c1ccccc1OCCN(CCN)CCc1ccccc1. The highest BCUT2D eigenvalue weighted by atomic mass is 16.5. The van der Waals surface area contributed by atoms with E-state index in [4.69, 9.17) is 10.5 Å². The standard InChI is InChI=1S/C20H26N2O2/c1-17(23)19-9-5-6-10-20(19)24-16-15-22(14-12-21)13-11-18-7-3-2-4-8-18/h2-10H,11-16,21H2,1H3. The zero-order chi connectivity index (χ0) is 17.2. The monoisotopic (exact) mass is 326 g/mol. The molecule has 128 valence electrons. The highest BCUT2D eigenvalue weighted by Gasteiger charge is 2.09. The molecule has 0 unspecified atom stereocenters. The van der Waals surface area contributed by atoms with Gasteiger partial charge in [0.15, 0.2) is 5.78 Å². The van der Waals surface area contributed by atoms with Crippen LogP contribution in [0.5, 0.6) is 5.75 Å². The lowest BCUT2D eigenvalue weighted by atomic mass is 10.1. The molecule has 0 atom stereocenters. The van der Waals surface area contributed by atoms with Crippen molar-refractivity contribution in [1.29, 1.82) is 0 Å². The van der Waals surface area contributed by atoms with Gasteiger partial charge in [0.25, 0.3) is 0 Å². The van der Waals surface area contributed by atoms with Gasteiger partial charge in [0, 0.05) is 26.2 Å². The van der Waals surface area contributed by atoms with Crippen molar-refractivity contribution in [2.45, 2.75) is 13.3 Å². The van der Waals surface area contributed by atoms with Gasteiger partial charge in [0.05, 0.1) is 5.56 Å². The smallest absolute Gasteiger partial charge is 0.163 e. The van der Waals surface area contributed by atoms with Gasteiger partial charge in [-0.25, -0.2) is 0 Å². The van der Waals surface area contributed by atoms with Crippen molar-refractivity contribution in [2.75, 3.05) is 32.8 Å². The molecule has 0 bridgehead atoms. The first-order valence-corrected chi connectivity index (χ1v) is 8.40. The predicted molar refractivity (Wildman–Crippen MR) is 97.6 cm³/mol. The first-order valence-electron chi connectivity index (χ1n) is 8.40. The Hall–Kier alpha value is -2.17. The van der Waals surface area contributed by atoms with Gasteiger partial charge in [0.2, 0.25) is 0 Å². The molecule has 0 aliphatic carbocycles. The van der Waals surface area contributed by atoms with Crippen molar-refractivity contribution in [1.82, 2.24) is 4.90 Å². The Morgan fingerprint density at radius 2 is 1.71 bits per heavy atom. The Kier molecular flexibility index (Phi) is 7.46. The molecule has 0 spiro atoms. The molecule has 0 aliphatic heterocycles. The molecule has 0 radical (unpaired) electrons. The van der Waals surface area contributed by atoms with E-state index >= 15 is 0 Å². The van der Waals surface area contributed by atoms with Crippen LogP contribution in [0.4, 0.5) is 0 Å². The number of carbonyl (C=O) groups excluding carboxylic acids is 1. The molecule has 0 heterocycles. The maximum Gasteiger partial charge on any atom is 0.163 e. The van der Waals surface area contributed by atoms with E-state index < -0.39 is 0 Å². The van der Waals surface area contributed by atoms with E-state index in [0.29, 0.717) is 24.5 Å². The summed E-state index contributed by atoms with van der Waals surface area (Å²) in [4.78, 5) is 13.9. The van der Waals surface area contributed by atoms with Gasteiger partial charge in [-0.1, -0.05) is 42.5 Å². The Labute approximate surface area is 144 Å². The van der Waals surface area contributed by atoms with Gasteiger partial charge in [-0.15, -0.1) is 0 Å². The number of ether oxygens (including phenoxy) is 1. The number of rotatable bonds is 10. The molecule has 0 amide bonds. The molecule has 24 heavy (non-hydrogen) atoms. The zero-order valence-electron chi connectivity index (χ0n) is 14.3. The molecule has 2 aromatic rings. The summed E-state index contributed by atoms with van der Waals surface area (Å²) in [6, 6.07) is 17.8. The van der Waals surface area contributed by atoms with Gasteiger partial charge >= 0.3 is 0 Å². The Balaban J connectivity index is 1.84. The Bertz CT molecular complexity index is 629. The molecule has 0 saturated heterocycles. The summed E-state index contributed by atoms with van der Waals surface area (Å²) >= 11 is 0. The van der Waals surface area contributed by atoms with Crippen LogP contribution >= 0.6 is 0 Å². The van der Waals surface area contributed by atoms with Crippen LogP contribution in [0.15, 0.2) is 54.6 Å². The average molecular weight is 326 g/mol. The van der Waals surface area contributed by atoms with Gasteiger partial charge in [0.1, 0.15) is 12.4 Å². The lowest BCUT2D eigenvalue weighted by Gasteiger charge is -2.22. The molecular formula is C20H26N2O2. The normalized spacial score (nSPS) is 10.8. The summed E-state index contributed by atoms with van der Waals surface area (Å²) in [5.74, 6) is 0.675. The molecule has 2 rings (SSSR count). The number of nitrogens with two attached hydrogens (primary N) is 1. The molecule has 0 fully saturated rings. The van der Waals surface area contributed by atoms with Gasteiger partial charge in [-0.3, -0.25) is 9.69 Å². The average Bonchev–Trinajstić information content (AvgIpc) is 2.61. The molecule has 0 aromatic heterocycles. The summed E-state index contributed by atoms with van der Waals surface area (Å²) in [5.41, 5.74) is 7.67. The van der Waals surface area contributed by atoms with Crippen LogP contribution < -0.4 is 10.5 Å². The minimum Gasteiger partial charge on any atom is -0.491 e. The quantitative estimate of drug-likeness (QED) is 0.682. The lowest BCUT2D eigenvalue weighted by Crippen LogP contribution is -2.34. The van der Waals surface area contributed by atoms with Crippen LogP contribution in [0.25, 0.3) is 0 Å². The number of nitrogens with zero attached hydrogens (tertiary/aromatic N) is 1. The third-order valence-corrected chi connectivity index (χ3v) is 3.94. The molecular weight excluding hydrogens is 300 g/mol. The summed E-state index contributed by atoms with van der Waals surface area (Å²) in [5, 5.41) is 0. The zero-order valence-corrected chi connectivity index (χ0v) is 14.3. The van der Waals surface area contributed by atoms with Crippen molar-refractivity contribution in [3.8, 4) is 5.75 Å². The Morgan fingerprint density at radius 3 is 2.42 bits per heavy atom. The fourth-order valence-corrected chi connectivity index (χ4v) is 2.62. The molecule has 2 aromatic carbocycles. The van der Waals surface area contributed by atoms with E-state index in [-0.39, 0.29) is 5.78 Å². The molecule has 0 aliphatic rings. The van der Waals surface area contributed by atoms with E-state index in [0.717, 1.165) is 26.1 Å². The second-order valence-electron chi connectivity index (χ2n) is 5.77. The van der Waals surface area contributed by atoms with E-state index in [9.17, 15) is 4.79 Å². The van der Waals surface area contributed by atoms with Crippen molar-refractivity contribution < 1.29 is 9.53 Å². The van der Waals surface area contributed by atoms with Crippen molar-refractivity contribution in [2.24, 2.45) is 5.73 Å². The van der Waals surface area contributed by atoms with Gasteiger partial charge < -0.3 is 10.5 Å². The summed E-state index contributed by atoms with van der Waals surface area (Å²) in [6.45, 7) is 5.29. The van der Waals surface area contributed by atoms with Crippen LogP contribution in [0.1, 0.15) is 22.8 Å². The topological polar surface area (TPSA) is 55.6 Å². The first kappa shape index (κ1) is 18.2. The molecule has 4 heteroatoms. The van der Waals surface area contributed by atoms with Crippen molar-refractivity contribution in [3.05, 3.63) is 65.7 Å². The second kappa shape index (κ2) is 9.85. The lowest BCUT2D eigenvalue weighted by molar-refractivity contribution is 0.101. The number of hydrogen-bond acceptors (Lipinski definition) is 4. The van der Waals surface area contributed by atoms with Gasteiger partial charge in [-0.2, -0.15) is 0 Å². The summed E-state index contributed by atoms with van der Waals surface area (Å²) in [6.07, 6.45) is 0.991. The predicted octanol–water partition coefficient (Wildman–Crippen LogP) is 2.77. The highest BCUT2D eigenvalue weighted by molar-refractivity contribution is 5.96.